The van der Waals surface area contributed by atoms with Gasteiger partial charge in [-0.1, -0.05) is 40.2 Å². The van der Waals surface area contributed by atoms with Crippen LogP contribution in [0.25, 0.3) is 5.76 Å². The van der Waals surface area contributed by atoms with Crippen LogP contribution in [-0.4, -0.2) is 21.9 Å². The lowest BCUT2D eigenvalue weighted by atomic mass is 9.95. The summed E-state index contributed by atoms with van der Waals surface area (Å²) in [6.07, 6.45) is 0. The van der Waals surface area contributed by atoms with Gasteiger partial charge < -0.3 is 10.2 Å². The molecule has 4 rings (SSSR count). The van der Waals surface area contributed by atoms with Crippen LogP contribution in [0.4, 0.5) is 5.69 Å². The number of halogens is 1. The highest BCUT2D eigenvalue weighted by molar-refractivity contribution is 9.10. The minimum Gasteiger partial charge on any atom is -0.508 e. The van der Waals surface area contributed by atoms with E-state index in [9.17, 15) is 19.8 Å². The summed E-state index contributed by atoms with van der Waals surface area (Å²) in [6.45, 7) is 0. The topological polar surface area (TPSA) is 102 Å². The fraction of sp³-hybridized carbons (Fsp3) is 0.0417. The lowest BCUT2D eigenvalue weighted by molar-refractivity contribution is -0.132. The number of rotatable bonds is 3. The zero-order chi connectivity index (χ0) is 22.1. The van der Waals surface area contributed by atoms with Gasteiger partial charge >= 0.3 is 0 Å². The van der Waals surface area contributed by atoms with Gasteiger partial charge in [-0.25, -0.2) is 0 Å². The molecule has 6 nitrogen and oxygen atoms in total. The van der Waals surface area contributed by atoms with Crippen LogP contribution in [0.2, 0.25) is 0 Å². The van der Waals surface area contributed by atoms with E-state index in [0.29, 0.717) is 22.4 Å². The van der Waals surface area contributed by atoms with Gasteiger partial charge in [0.25, 0.3) is 11.7 Å². The molecule has 0 aliphatic carbocycles. The largest absolute Gasteiger partial charge is 0.508 e. The van der Waals surface area contributed by atoms with Crippen LogP contribution in [0.5, 0.6) is 5.75 Å². The van der Waals surface area contributed by atoms with Gasteiger partial charge in [0, 0.05) is 15.7 Å². The van der Waals surface area contributed by atoms with Crippen molar-refractivity contribution in [1.29, 1.82) is 5.26 Å². The lowest BCUT2D eigenvalue weighted by Crippen LogP contribution is -2.29. The van der Waals surface area contributed by atoms with Crippen LogP contribution in [-0.2, 0) is 9.59 Å². The van der Waals surface area contributed by atoms with Gasteiger partial charge in [-0.05, 0) is 54.1 Å². The van der Waals surface area contributed by atoms with Gasteiger partial charge in [-0.15, -0.1) is 0 Å². The Bertz CT molecular complexity index is 1240. The number of nitriles is 1. The van der Waals surface area contributed by atoms with Crippen LogP contribution in [0.1, 0.15) is 22.7 Å². The van der Waals surface area contributed by atoms with E-state index < -0.39 is 17.7 Å². The minimum absolute atomic E-state index is 0.0342. The molecule has 3 aromatic carbocycles. The monoisotopic (exact) mass is 474 g/mol. The quantitative estimate of drug-likeness (QED) is 0.326. The van der Waals surface area contributed by atoms with E-state index in [1.165, 1.54) is 17.0 Å². The molecule has 1 atom stereocenters. The maximum absolute atomic E-state index is 13.0. The molecule has 0 aromatic heterocycles. The molecular weight excluding hydrogens is 460 g/mol. The molecular formula is C24H15BrN2O4. The highest BCUT2D eigenvalue weighted by Crippen LogP contribution is 2.42. The fourth-order valence-corrected chi connectivity index (χ4v) is 3.80. The Morgan fingerprint density at radius 1 is 0.935 bits per heavy atom. The second kappa shape index (κ2) is 8.09. The summed E-state index contributed by atoms with van der Waals surface area (Å²) in [5.74, 6) is -1.86. The molecule has 31 heavy (non-hydrogen) atoms. The van der Waals surface area contributed by atoms with E-state index in [-0.39, 0.29) is 17.1 Å². The number of carbonyl (C=O) groups is 2. The van der Waals surface area contributed by atoms with E-state index in [1.54, 1.807) is 60.7 Å². The highest BCUT2D eigenvalue weighted by Gasteiger charge is 2.46. The number of carbonyl (C=O) groups excluding carboxylic acids is 2. The average Bonchev–Trinajstić information content (AvgIpc) is 3.05. The maximum atomic E-state index is 13.0. The van der Waals surface area contributed by atoms with Crippen molar-refractivity contribution < 1.29 is 19.8 Å². The van der Waals surface area contributed by atoms with Crippen molar-refractivity contribution in [2.24, 2.45) is 0 Å². The molecule has 1 heterocycles. The molecule has 0 bridgehead atoms. The van der Waals surface area contributed by atoms with Gasteiger partial charge in [-0.3, -0.25) is 14.5 Å². The predicted octanol–water partition coefficient (Wildman–Crippen LogP) is 4.65. The van der Waals surface area contributed by atoms with Crippen LogP contribution >= 0.6 is 15.9 Å². The molecule has 1 amide bonds. The maximum Gasteiger partial charge on any atom is 0.300 e. The number of hydrogen-bond acceptors (Lipinski definition) is 5. The second-order valence-electron chi connectivity index (χ2n) is 6.93. The van der Waals surface area contributed by atoms with Crippen molar-refractivity contribution >= 4 is 39.1 Å². The normalized spacial score (nSPS) is 17.5. The first-order valence-corrected chi connectivity index (χ1v) is 10.1. The molecule has 1 saturated heterocycles. The molecule has 3 aromatic rings. The number of aliphatic hydroxyl groups excluding tert-OH is 1. The number of hydrogen-bond donors (Lipinski definition) is 2. The van der Waals surface area contributed by atoms with E-state index in [2.05, 4.69) is 15.9 Å². The summed E-state index contributed by atoms with van der Waals surface area (Å²) in [5, 5.41) is 29.7. The third kappa shape index (κ3) is 3.69. The first kappa shape index (κ1) is 20.4. The van der Waals surface area contributed by atoms with E-state index in [4.69, 9.17) is 5.26 Å². The molecule has 152 valence electrons. The van der Waals surface area contributed by atoms with Crippen molar-refractivity contribution in [2.75, 3.05) is 4.90 Å². The van der Waals surface area contributed by atoms with Crippen molar-refractivity contribution in [3.05, 3.63) is 99.5 Å². The van der Waals surface area contributed by atoms with Crippen molar-refractivity contribution in [3.63, 3.8) is 0 Å². The van der Waals surface area contributed by atoms with E-state index in [0.717, 1.165) is 4.47 Å². The number of aromatic hydroxyl groups is 1. The number of nitrogens with zero attached hydrogens (tertiary/aromatic N) is 2. The van der Waals surface area contributed by atoms with Gasteiger partial charge in [0.15, 0.2) is 0 Å². The highest BCUT2D eigenvalue weighted by atomic mass is 79.9. The average molecular weight is 475 g/mol. The van der Waals surface area contributed by atoms with Gasteiger partial charge in [0.05, 0.1) is 23.2 Å². The number of amides is 1. The number of phenols is 1. The fourth-order valence-electron chi connectivity index (χ4n) is 3.53. The molecule has 0 saturated carbocycles. The summed E-state index contributed by atoms with van der Waals surface area (Å²) < 4.78 is 0.803. The van der Waals surface area contributed by atoms with Gasteiger partial charge in [0.1, 0.15) is 11.5 Å². The minimum atomic E-state index is -0.905. The van der Waals surface area contributed by atoms with Crippen LogP contribution in [0.15, 0.2) is 82.8 Å². The Morgan fingerprint density at radius 2 is 1.55 bits per heavy atom. The van der Waals surface area contributed by atoms with Crippen LogP contribution < -0.4 is 4.90 Å². The van der Waals surface area contributed by atoms with Crippen molar-refractivity contribution in [2.45, 2.75) is 6.04 Å². The standard InChI is InChI=1S/C24H15BrN2O4/c25-17-7-3-16(4-8-17)22(29)20-21(15-5-11-19(28)12-6-15)27(24(31)23(20)30)18-9-1-14(13-26)2-10-18/h1-12,21,28-29H/b22-20+. The van der Waals surface area contributed by atoms with E-state index >= 15 is 0 Å². The molecule has 1 unspecified atom stereocenters. The Kier molecular flexibility index (Phi) is 5.32. The summed E-state index contributed by atoms with van der Waals surface area (Å²) >= 11 is 3.33. The summed E-state index contributed by atoms with van der Waals surface area (Å²) in [4.78, 5) is 27.3. The van der Waals surface area contributed by atoms with Crippen molar-refractivity contribution in [3.8, 4) is 11.8 Å². The number of anilines is 1. The number of aliphatic hydroxyl groups is 1. The Morgan fingerprint density at radius 3 is 2.13 bits per heavy atom. The third-order valence-electron chi connectivity index (χ3n) is 5.05. The summed E-state index contributed by atoms with van der Waals surface area (Å²) in [6, 6.07) is 20.2. The molecule has 7 heteroatoms. The summed E-state index contributed by atoms with van der Waals surface area (Å²) in [5.41, 5.74) is 1.71. The number of Topliss-reactive ketones (excluding diaryl/α,β-unsaturated/α-hetero) is 1. The molecule has 1 aliphatic heterocycles. The van der Waals surface area contributed by atoms with Gasteiger partial charge in [-0.2, -0.15) is 5.26 Å². The predicted molar refractivity (Wildman–Crippen MR) is 118 cm³/mol. The number of phenolic OH excluding ortho intramolecular Hbond substituents is 1. The zero-order valence-electron chi connectivity index (χ0n) is 16.0. The smallest absolute Gasteiger partial charge is 0.300 e. The molecule has 1 fully saturated rings. The zero-order valence-corrected chi connectivity index (χ0v) is 17.6. The lowest BCUT2D eigenvalue weighted by Gasteiger charge is -2.25. The molecule has 0 spiro atoms. The molecule has 1 aliphatic rings. The number of benzene rings is 3. The molecule has 2 N–H and O–H groups in total. The van der Waals surface area contributed by atoms with Crippen molar-refractivity contribution in [1.82, 2.24) is 0 Å². The second-order valence-corrected chi connectivity index (χ2v) is 7.84. The Balaban J connectivity index is 1.92. The Labute approximate surface area is 186 Å². The van der Waals surface area contributed by atoms with Gasteiger partial charge in [0.2, 0.25) is 0 Å². The number of ketones is 1. The first-order chi connectivity index (χ1) is 14.9. The SMILES string of the molecule is N#Cc1ccc(N2C(=O)C(=O)/C(=C(/O)c3ccc(Br)cc3)C2c2ccc(O)cc2)cc1. The molecule has 0 radical (unpaired) electrons. The van der Waals surface area contributed by atoms with Crippen LogP contribution in [0.3, 0.4) is 0 Å². The van der Waals surface area contributed by atoms with E-state index in [1.807, 2.05) is 6.07 Å². The third-order valence-corrected chi connectivity index (χ3v) is 5.57. The Hall–Kier alpha value is -3.89. The van der Waals surface area contributed by atoms with Crippen LogP contribution in [0, 0.1) is 11.3 Å². The first-order valence-electron chi connectivity index (χ1n) is 9.26. The summed E-state index contributed by atoms with van der Waals surface area (Å²) in [7, 11) is 0.